The molecular formula is C17H15N3O4. The lowest BCUT2D eigenvalue weighted by Gasteiger charge is -2.18. The highest BCUT2D eigenvalue weighted by Gasteiger charge is 2.37. The zero-order valence-electron chi connectivity index (χ0n) is 13.0. The minimum absolute atomic E-state index is 0.0217. The molecule has 0 atom stereocenters. The first-order valence-electron chi connectivity index (χ1n) is 7.39. The molecule has 1 heterocycles. The van der Waals surface area contributed by atoms with Crippen LogP contribution < -0.4 is 4.90 Å². The molecule has 2 aromatic carbocycles. The van der Waals surface area contributed by atoms with E-state index in [1.807, 2.05) is 6.07 Å². The van der Waals surface area contributed by atoms with E-state index < -0.39 is 11.0 Å². The topological polar surface area (TPSA) is 83.8 Å². The number of amides is 3. The number of urea groups is 1. The van der Waals surface area contributed by atoms with Crippen LogP contribution in [0, 0.1) is 17.0 Å². The molecule has 0 spiro atoms. The molecule has 3 rings (SSSR count). The summed E-state index contributed by atoms with van der Waals surface area (Å²) in [5.41, 5.74) is 1.67. The number of para-hydroxylation sites is 1. The first kappa shape index (κ1) is 15.7. The number of carbonyl (C=O) groups is 2. The highest BCUT2D eigenvalue weighted by Crippen LogP contribution is 2.26. The molecule has 0 aromatic heterocycles. The van der Waals surface area contributed by atoms with Crippen LogP contribution in [0.15, 0.2) is 48.5 Å². The lowest BCUT2D eigenvalue weighted by atomic mass is 10.1. The monoisotopic (exact) mass is 325 g/mol. The van der Waals surface area contributed by atoms with Crippen molar-refractivity contribution < 1.29 is 14.5 Å². The predicted molar refractivity (Wildman–Crippen MR) is 87.6 cm³/mol. The number of hydrogen-bond donors (Lipinski definition) is 0. The number of hydrogen-bond acceptors (Lipinski definition) is 4. The van der Waals surface area contributed by atoms with E-state index in [2.05, 4.69) is 0 Å². The molecule has 7 nitrogen and oxygen atoms in total. The third-order valence-corrected chi connectivity index (χ3v) is 4.07. The normalized spacial score (nSPS) is 14.4. The largest absolute Gasteiger partial charge is 0.332 e. The van der Waals surface area contributed by atoms with Crippen molar-refractivity contribution in [2.45, 2.75) is 13.5 Å². The molecule has 1 fully saturated rings. The van der Waals surface area contributed by atoms with Gasteiger partial charge in [0.1, 0.15) is 6.54 Å². The average Bonchev–Trinajstić information content (AvgIpc) is 2.85. The fraction of sp³-hybridized carbons (Fsp3) is 0.176. The lowest BCUT2D eigenvalue weighted by Crippen LogP contribution is -2.32. The van der Waals surface area contributed by atoms with E-state index in [0.717, 1.165) is 4.90 Å². The summed E-state index contributed by atoms with van der Waals surface area (Å²) in [6, 6.07) is 13.2. The molecule has 0 bridgehead atoms. The molecule has 0 N–H and O–H groups in total. The lowest BCUT2D eigenvalue weighted by molar-refractivity contribution is -0.385. The van der Waals surface area contributed by atoms with Gasteiger partial charge in [0.15, 0.2) is 0 Å². The molecule has 7 heteroatoms. The number of benzene rings is 2. The number of imide groups is 1. The molecule has 1 aliphatic rings. The number of anilines is 1. The van der Waals surface area contributed by atoms with Crippen molar-refractivity contribution in [3.8, 4) is 0 Å². The van der Waals surface area contributed by atoms with E-state index in [0.29, 0.717) is 16.8 Å². The summed E-state index contributed by atoms with van der Waals surface area (Å²) in [7, 11) is 0. The second-order valence-corrected chi connectivity index (χ2v) is 5.50. The number of nitrogens with zero attached hydrogens (tertiary/aromatic N) is 3. The van der Waals surface area contributed by atoms with Gasteiger partial charge in [-0.1, -0.05) is 30.3 Å². The minimum Gasteiger partial charge on any atom is -0.285 e. The Morgan fingerprint density at radius 1 is 1.08 bits per heavy atom. The van der Waals surface area contributed by atoms with Crippen molar-refractivity contribution >= 4 is 23.3 Å². The first-order valence-corrected chi connectivity index (χ1v) is 7.39. The van der Waals surface area contributed by atoms with E-state index in [-0.39, 0.29) is 24.7 Å². The van der Waals surface area contributed by atoms with Crippen molar-refractivity contribution in [2.24, 2.45) is 0 Å². The van der Waals surface area contributed by atoms with Crippen LogP contribution in [0.1, 0.15) is 11.1 Å². The fourth-order valence-electron chi connectivity index (χ4n) is 2.72. The molecule has 24 heavy (non-hydrogen) atoms. The summed E-state index contributed by atoms with van der Waals surface area (Å²) in [5.74, 6) is -0.324. The Bertz CT molecular complexity index is 820. The van der Waals surface area contributed by atoms with Crippen LogP contribution in [0.4, 0.5) is 16.2 Å². The van der Waals surface area contributed by atoms with Crippen LogP contribution in [0.2, 0.25) is 0 Å². The van der Waals surface area contributed by atoms with Crippen molar-refractivity contribution in [3.05, 3.63) is 69.8 Å². The summed E-state index contributed by atoms with van der Waals surface area (Å²) >= 11 is 0. The van der Waals surface area contributed by atoms with E-state index in [9.17, 15) is 19.7 Å². The van der Waals surface area contributed by atoms with Gasteiger partial charge in [0.05, 0.1) is 11.5 Å². The van der Waals surface area contributed by atoms with Gasteiger partial charge in [-0.3, -0.25) is 24.7 Å². The SMILES string of the molecule is Cc1c(CN2C(=O)CN(c3ccccc3)C2=O)cccc1[N+](=O)[O-]. The summed E-state index contributed by atoms with van der Waals surface area (Å²) < 4.78 is 0. The van der Waals surface area contributed by atoms with Crippen LogP contribution in [0.3, 0.4) is 0 Å². The van der Waals surface area contributed by atoms with Crippen LogP contribution in [-0.4, -0.2) is 28.3 Å². The molecule has 122 valence electrons. The highest BCUT2D eigenvalue weighted by molar-refractivity contribution is 6.12. The van der Waals surface area contributed by atoms with Gasteiger partial charge in [-0.2, -0.15) is 0 Å². The smallest absolute Gasteiger partial charge is 0.285 e. The molecule has 1 aliphatic heterocycles. The third kappa shape index (κ3) is 2.71. The maximum Gasteiger partial charge on any atom is 0.332 e. The Kier molecular flexibility index (Phi) is 3.99. The van der Waals surface area contributed by atoms with Crippen molar-refractivity contribution in [2.75, 3.05) is 11.4 Å². The van der Waals surface area contributed by atoms with Gasteiger partial charge in [0, 0.05) is 17.3 Å². The molecule has 0 saturated carbocycles. The minimum atomic E-state index is -0.470. The third-order valence-electron chi connectivity index (χ3n) is 4.07. The molecule has 1 saturated heterocycles. The average molecular weight is 325 g/mol. The summed E-state index contributed by atoms with van der Waals surface area (Å²) in [4.78, 5) is 37.9. The van der Waals surface area contributed by atoms with Gasteiger partial charge in [-0.05, 0) is 24.6 Å². The Morgan fingerprint density at radius 2 is 1.79 bits per heavy atom. The van der Waals surface area contributed by atoms with Gasteiger partial charge in [0.2, 0.25) is 0 Å². The Labute approximate surface area is 138 Å². The van der Waals surface area contributed by atoms with Gasteiger partial charge in [-0.25, -0.2) is 4.79 Å². The van der Waals surface area contributed by atoms with Crippen molar-refractivity contribution in [1.29, 1.82) is 0 Å². The quantitative estimate of drug-likeness (QED) is 0.491. The zero-order valence-corrected chi connectivity index (χ0v) is 13.0. The van der Waals surface area contributed by atoms with Crippen LogP contribution in [0.5, 0.6) is 0 Å². The van der Waals surface area contributed by atoms with E-state index in [4.69, 9.17) is 0 Å². The second-order valence-electron chi connectivity index (χ2n) is 5.50. The number of nitro benzene ring substituents is 1. The standard InChI is InChI=1S/C17H15N3O4/c1-12-13(6-5-9-15(12)20(23)24)10-19-16(21)11-18(17(19)22)14-7-3-2-4-8-14/h2-9H,10-11H2,1H3. The molecule has 0 radical (unpaired) electrons. The summed E-state index contributed by atoms with van der Waals surface area (Å²) in [6.45, 7) is 1.61. The summed E-state index contributed by atoms with van der Waals surface area (Å²) in [6.07, 6.45) is 0. The van der Waals surface area contributed by atoms with Crippen molar-refractivity contribution in [1.82, 2.24) is 4.90 Å². The Morgan fingerprint density at radius 3 is 2.46 bits per heavy atom. The fourth-order valence-corrected chi connectivity index (χ4v) is 2.72. The Hall–Kier alpha value is -3.22. The molecule has 0 aliphatic carbocycles. The zero-order chi connectivity index (χ0) is 17.3. The Balaban J connectivity index is 1.86. The first-order chi connectivity index (χ1) is 11.5. The van der Waals surface area contributed by atoms with E-state index >= 15 is 0 Å². The maximum absolute atomic E-state index is 12.5. The van der Waals surface area contributed by atoms with Gasteiger partial charge >= 0.3 is 6.03 Å². The predicted octanol–water partition coefficient (Wildman–Crippen LogP) is 2.87. The van der Waals surface area contributed by atoms with Crippen molar-refractivity contribution in [3.63, 3.8) is 0 Å². The number of rotatable bonds is 4. The summed E-state index contributed by atoms with van der Waals surface area (Å²) in [5, 5.41) is 11.0. The number of nitro groups is 1. The van der Waals surface area contributed by atoms with Crippen LogP contribution in [-0.2, 0) is 11.3 Å². The number of carbonyl (C=O) groups excluding carboxylic acids is 2. The highest BCUT2D eigenvalue weighted by atomic mass is 16.6. The van der Waals surface area contributed by atoms with Gasteiger partial charge in [-0.15, -0.1) is 0 Å². The van der Waals surface area contributed by atoms with Gasteiger partial charge in [0.25, 0.3) is 11.6 Å². The molecular weight excluding hydrogens is 310 g/mol. The maximum atomic E-state index is 12.5. The molecule has 2 aromatic rings. The van der Waals surface area contributed by atoms with Gasteiger partial charge < -0.3 is 0 Å². The van der Waals surface area contributed by atoms with E-state index in [1.165, 1.54) is 11.0 Å². The van der Waals surface area contributed by atoms with Crippen LogP contribution >= 0.6 is 0 Å². The molecule has 3 amide bonds. The second kappa shape index (κ2) is 6.11. The van der Waals surface area contributed by atoms with Crippen LogP contribution in [0.25, 0.3) is 0 Å². The molecule has 0 unspecified atom stereocenters. The van der Waals surface area contributed by atoms with E-state index in [1.54, 1.807) is 43.3 Å².